The van der Waals surface area contributed by atoms with E-state index in [2.05, 4.69) is 185 Å². The predicted molar refractivity (Wildman–Crippen MR) is 223 cm³/mol. The standard InChI is InChI=1S/C52H36/c1-52(2,3)35-24-26-41-45(30-35)48(33-15-8-5-9-16-33)50-42-22-12-21-38-36(27-28-43(49(38)42)51(50)47(41)32-13-6-4-7-14-32)34-23-25-37-39-19-10-17-31-18-11-20-40(46(31)39)44(37)29-34/h4-30H,1-3H3. The Hall–Kier alpha value is -6.24. The fourth-order valence-electron chi connectivity index (χ4n) is 9.34. The zero-order chi connectivity index (χ0) is 34.7. The fourth-order valence-corrected chi connectivity index (χ4v) is 9.34. The molecule has 0 aliphatic heterocycles. The maximum atomic E-state index is 2.47. The summed E-state index contributed by atoms with van der Waals surface area (Å²) in [5, 5.41) is 7.94. The van der Waals surface area contributed by atoms with Gasteiger partial charge in [-0.2, -0.15) is 0 Å². The molecule has 11 rings (SSSR count). The van der Waals surface area contributed by atoms with Crippen LogP contribution in [-0.2, 0) is 5.41 Å². The van der Waals surface area contributed by atoms with Crippen molar-refractivity contribution < 1.29 is 0 Å². The van der Waals surface area contributed by atoms with Crippen LogP contribution in [0.4, 0.5) is 0 Å². The maximum Gasteiger partial charge on any atom is -0.000741 e. The molecule has 0 spiro atoms. The smallest absolute Gasteiger partial charge is 0.000741 e. The normalized spacial score (nSPS) is 12.5. The summed E-state index contributed by atoms with van der Waals surface area (Å²) in [6.07, 6.45) is 0. The van der Waals surface area contributed by atoms with E-state index in [1.165, 1.54) is 116 Å². The van der Waals surface area contributed by atoms with Crippen LogP contribution in [0.15, 0.2) is 164 Å². The van der Waals surface area contributed by atoms with Gasteiger partial charge < -0.3 is 0 Å². The van der Waals surface area contributed by atoms with Gasteiger partial charge in [0.2, 0.25) is 0 Å². The highest BCUT2D eigenvalue weighted by Gasteiger charge is 2.32. The number of hydrogen-bond acceptors (Lipinski definition) is 0. The Bertz CT molecular complexity index is 2950. The van der Waals surface area contributed by atoms with Gasteiger partial charge in [0.25, 0.3) is 0 Å². The number of rotatable bonds is 3. The van der Waals surface area contributed by atoms with E-state index >= 15 is 0 Å². The highest BCUT2D eigenvalue weighted by Crippen LogP contribution is 2.59. The van der Waals surface area contributed by atoms with Gasteiger partial charge in [0.1, 0.15) is 0 Å². The second kappa shape index (κ2) is 10.6. The Labute approximate surface area is 304 Å². The molecule has 0 nitrogen and oxygen atoms in total. The van der Waals surface area contributed by atoms with Crippen molar-refractivity contribution in [3.8, 4) is 77.9 Å². The first-order valence-corrected chi connectivity index (χ1v) is 18.4. The summed E-state index contributed by atoms with van der Waals surface area (Å²) in [5.41, 5.74) is 19.7. The molecule has 0 atom stereocenters. The average molecular weight is 661 g/mol. The van der Waals surface area contributed by atoms with Crippen molar-refractivity contribution in [1.29, 1.82) is 0 Å². The summed E-state index contributed by atoms with van der Waals surface area (Å²) in [6.45, 7) is 6.95. The zero-order valence-electron chi connectivity index (χ0n) is 29.6. The van der Waals surface area contributed by atoms with E-state index in [4.69, 9.17) is 0 Å². The molecule has 0 amide bonds. The van der Waals surface area contributed by atoms with E-state index < -0.39 is 0 Å². The number of benzene rings is 9. The van der Waals surface area contributed by atoms with Crippen molar-refractivity contribution in [2.24, 2.45) is 0 Å². The molecular weight excluding hydrogens is 625 g/mol. The van der Waals surface area contributed by atoms with Crippen LogP contribution in [0.5, 0.6) is 0 Å². The van der Waals surface area contributed by atoms with Crippen LogP contribution < -0.4 is 0 Å². The quantitative estimate of drug-likeness (QED) is 0.177. The number of hydrogen-bond donors (Lipinski definition) is 0. The highest BCUT2D eigenvalue weighted by molar-refractivity contribution is 6.29. The zero-order valence-corrected chi connectivity index (χ0v) is 29.6. The first kappa shape index (κ1) is 29.5. The van der Waals surface area contributed by atoms with Crippen molar-refractivity contribution in [1.82, 2.24) is 0 Å². The summed E-state index contributed by atoms with van der Waals surface area (Å²) < 4.78 is 0. The Morgan fingerprint density at radius 1 is 0.308 bits per heavy atom. The van der Waals surface area contributed by atoms with Gasteiger partial charge in [-0.3, -0.25) is 0 Å². The molecule has 2 aliphatic rings. The molecule has 0 aromatic heterocycles. The molecule has 0 fully saturated rings. The summed E-state index contributed by atoms with van der Waals surface area (Å²) in [4.78, 5) is 0. The Kier molecular flexibility index (Phi) is 6.03. The van der Waals surface area contributed by atoms with E-state index in [0.29, 0.717) is 0 Å². The monoisotopic (exact) mass is 660 g/mol. The van der Waals surface area contributed by atoms with Crippen LogP contribution in [-0.4, -0.2) is 0 Å². The highest BCUT2D eigenvalue weighted by atomic mass is 14.3. The molecule has 52 heavy (non-hydrogen) atoms. The minimum Gasteiger partial charge on any atom is -0.0622 e. The van der Waals surface area contributed by atoms with Gasteiger partial charge in [0.15, 0.2) is 0 Å². The molecule has 0 saturated carbocycles. The molecule has 244 valence electrons. The summed E-state index contributed by atoms with van der Waals surface area (Å²) in [6, 6.07) is 61.6. The van der Waals surface area contributed by atoms with Gasteiger partial charge in [0, 0.05) is 0 Å². The van der Waals surface area contributed by atoms with Crippen molar-refractivity contribution in [3.05, 3.63) is 169 Å². The van der Waals surface area contributed by atoms with Crippen LogP contribution >= 0.6 is 0 Å². The Morgan fingerprint density at radius 3 is 1.58 bits per heavy atom. The lowest BCUT2D eigenvalue weighted by atomic mass is 9.79. The first-order chi connectivity index (χ1) is 25.5. The first-order valence-electron chi connectivity index (χ1n) is 18.4. The van der Waals surface area contributed by atoms with Crippen LogP contribution in [0, 0.1) is 0 Å². The van der Waals surface area contributed by atoms with E-state index in [-0.39, 0.29) is 5.41 Å². The summed E-state index contributed by atoms with van der Waals surface area (Å²) in [7, 11) is 0. The molecule has 0 radical (unpaired) electrons. The van der Waals surface area contributed by atoms with Crippen molar-refractivity contribution in [2.75, 3.05) is 0 Å². The Morgan fingerprint density at radius 2 is 0.885 bits per heavy atom. The van der Waals surface area contributed by atoms with Crippen LogP contribution in [0.25, 0.3) is 110 Å². The molecule has 0 heterocycles. The third-order valence-corrected chi connectivity index (χ3v) is 11.7. The summed E-state index contributed by atoms with van der Waals surface area (Å²) in [5.74, 6) is 0. The molecule has 0 heteroatoms. The maximum absolute atomic E-state index is 2.47. The average Bonchev–Trinajstić information content (AvgIpc) is 3.68. The van der Waals surface area contributed by atoms with Gasteiger partial charge in [-0.25, -0.2) is 0 Å². The van der Waals surface area contributed by atoms with Crippen molar-refractivity contribution in [2.45, 2.75) is 26.2 Å². The summed E-state index contributed by atoms with van der Waals surface area (Å²) >= 11 is 0. The van der Waals surface area contributed by atoms with Gasteiger partial charge in [0.05, 0.1) is 0 Å². The lowest BCUT2D eigenvalue weighted by Crippen LogP contribution is -2.10. The minimum atomic E-state index is 0.0225. The molecule has 2 aliphatic carbocycles. The molecule has 0 N–H and O–H groups in total. The van der Waals surface area contributed by atoms with E-state index in [1.807, 2.05) is 0 Å². The third kappa shape index (κ3) is 4.04. The van der Waals surface area contributed by atoms with Crippen molar-refractivity contribution >= 4 is 32.3 Å². The third-order valence-electron chi connectivity index (χ3n) is 11.7. The minimum absolute atomic E-state index is 0.0225. The molecule has 9 aromatic rings. The molecule has 0 unspecified atom stereocenters. The second-order valence-electron chi connectivity index (χ2n) is 15.6. The topological polar surface area (TPSA) is 0 Å². The number of fused-ring (bicyclic) bond motifs is 7. The van der Waals surface area contributed by atoms with E-state index in [1.54, 1.807) is 0 Å². The van der Waals surface area contributed by atoms with Gasteiger partial charge in [-0.15, -0.1) is 0 Å². The lowest BCUT2D eigenvalue weighted by Gasteiger charge is -2.24. The van der Waals surface area contributed by atoms with Gasteiger partial charge in [-0.05, 0) is 133 Å². The SMILES string of the molecule is CC(C)(C)c1ccc2c(-c3ccccc3)c3c(c(-c4ccccc4)c2c1)-c1cccc2c(-c4ccc5c(c4)-c4cccc6cccc-5c46)ccc-3c12. The van der Waals surface area contributed by atoms with Gasteiger partial charge >= 0.3 is 0 Å². The van der Waals surface area contributed by atoms with E-state index in [9.17, 15) is 0 Å². The molecule has 0 bridgehead atoms. The Balaban J connectivity index is 1.23. The fraction of sp³-hybridized carbons (Fsp3) is 0.0769. The van der Waals surface area contributed by atoms with Crippen molar-refractivity contribution in [3.63, 3.8) is 0 Å². The van der Waals surface area contributed by atoms with Crippen LogP contribution in [0.2, 0.25) is 0 Å². The molecule has 0 saturated heterocycles. The predicted octanol–water partition coefficient (Wildman–Crippen LogP) is 14.7. The molecule has 9 aromatic carbocycles. The van der Waals surface area contributed by atoms with E-state index in [0.717, 1.165) is 0 Å². The second-order valence-corrected chi connectivity index (χ2v) is 15.6. The molecular formula is C52H36. The lowest BCUT2D eigenvalue weighted by molar-refractivity contribution is 0.591. The van der Waals surface area contributed by atoms with Crippen LogP contribution in [0.3, 0.4) is 0 Å². The largest absolute Gasteiger partial charge is 0.0622 e. The van der Waals surface area contributed by atoms with Crippen LogP contribution in [0.1, 0.15) is 26.3 Å². The van der Waals surface area contributed by atoms with Gasteiger partial charge in [-0.1, -0.05) is 172 Å².